The van der Waals surface area contributed by atoms with Crippen LogP contribution in [0.25, 0.3) is 0 Å². The van der Waals surface area contributed by atoms with Crippen molar-refractivity contribution in [3.05, 3.63) is 58.4 Å². The predicted octanol–water partition coefficient (Wildman–Crippen LogP) is 2.75. The maximum Gasteiger partial charge on any atom is 0.335 e. The lowest BCUT2D eigenvalue weighted by Gasteiger charge is -2.20. The van der Waals surface area contributed by atoms with Crippen LogP contribution in [0.15, 0.2) is 30.5 Å². The SMILES string of the molecule is COc1c(C)cnc(CN(C)C(=O)NCc2ccc(C(=O)O)cc2)c1C. The molecular formula is C19H23N3O4. The van der Waals surface area contributed by atoms with Crippen molar-refractivity contribution in [2.45, 2.75) is 26.9 Å². The summed E-state index contributed by atoms with van der Waals surface area (Å²) in [6.45, 7) is 4.51. The third kappa shape index (κ3) is 4.50. The Balaban J connectivity index is 1.96. The Kier molecular flexibility index (Phi) is 6.16. The number of carboxylic acid groups (broad SMARTS) is 1. The first-order valence-corrected chi connectivity index (χ1v) is 8.13. The summed E-state index contributed by atoms with van der Waals surface area (Å²) in [6.07, 6.45) is 1.73. The topological polar surface area (TPSA) is 91.8 Å². The van der Waals surface area contributed by atoms with Gasteiger partial charge in [-0.2, -0.15) is 0 Å². The van der Waals surface area contributed by atoms with E-state index in [9.17, 15) is 9.59 Å². The highest BCUT2D eigenvalue weighted by Crippen LogP contribution is 2.24. The normalized spacial score (nSPS) is 10.3. The predicted molar refractivity (Wildman–Crippen MR) is 97.4 cm³/mol. The number of pyridine rings is 1. The standard InChI is InChI=1S/C19H23N3O4/c1-12-9-20-16(13(2)17(12)26-4)11-22(3)19(25)21-10-14-5-7-15(8-6-14)18(23)24/h5-9H,10-11H2,1-4H3,(H,21,25)(H,23,24). The minimum absolute atomic E-state index is 0.215. The van der Waals surface area contributed by atoms with Crippen LogP contribution in [0.2, 0.25) is 0 Å². The van der Waals surface area contributed by atoms with Crippen molar-refractivity contribution >= 4 is 12.0 Å². The maximum atomic E-state index is 12.3. The van der Waals surface area contributed by atoms with Gasteiger partial charge >= 0.3 is 12.0 Å². The first kappa shape index (κ1) is 19.2. The fraction of sp³-hybridized carbons (Fsp3) is 0.316. The lowest BCUT2D eigenvalue weighted by molar-refractivity contribution is 0.0697. The van der Waals surface area contributed by atoms with Gasteiger partial charge in [0.05, 0.1) is 24.9 Å². The number of urea groups is 1. The highest BCUT2D eigenvalue weighted by molar-refractivity contribution is 5.87. The molecule has 138 valence electrons. The van der Waals surface area contributed by atoms with Gasteiger partial charge in [-0.25, -0.2) is 9.59 Å². The molecule has 2 amide bonds. The lowest BCUT2D eigenvalue weighted by atomic mass is 10.1. The summed E-state index contributed by atoms with van der Waals surface area (Å²) < 4.78 is 5.39. The van der Waals surface area contributed by atoms with Crippen molar-refractivity contribution in [2.24, 2.45) is 0 Å². The van der Waals surface area contributed by atoms with E-state index < -0.39 is 5.97 Å². The molecule has 0 radical (unpaired) electrons. The third-order valence-electron chi connectivity index (χ3n) is 4.13. The molecule has 0 atom stereocenters. The van der Waals surface area contributed by atoms with Crippen molar-refractivity contribution in [3.63, 3.8) is 0 Å². The van der Waals surface area contributed by atoms with E-state index in [1.54, 1.807) is 32.5 Å². The molecule has 26 heavy (non-hydrogen) atoms. The number of carbonyl (C=O) groups excluding carboxylic acids is 1. The van der Waals surface area contributed by atoms with E-state index in [1.165, 1.54) is 17.0 Å². The summed E-state index contributed by atoms with van der Waals surface area (Å²) in [7, 11) is 3.31. The second kappa shape index (κ2) is 8.33. The van der Waals surface area contributed by atoms with E-state index in [4.69, 9.17) is 9.84 Å². The van der Waals surface area contributed by atoms with Crippen LogP contribution in [0, 0.1) is 13.8 Å². The fourth-order valence-electron chi connectivity index (χ4n) is 2.60. The van der Waals surface area contributed by atoms with Crippen LogP contribution < -0.4 is 10.1 Å². The van der Waals surface area contributed by atoms with E-state index in [2.05, 4.69) is 10.3 Å². The number of aromatic nitrogens is 1. The smallest absolute Gasteiger partial charge is 0.335 e. The lowest BCUT2D eigenvalue weighted by Crippen LogP contribution is -2.36. The minimum Gasteiger partial charge on any atom is -0.496 e. The van der Waals surface area contributed by atoms with Gasteiger partial charge in [0, 0.05) is 30.9 Å². The van der Waals surface area contributed by atoms with E-state index in [0.717, 1.165) is 28.1 Å². The second-order valence-corrected chi connectivity index (χ2v) is 6.06. The van der Waals surface area contributed by atoms with Gasteiger partial charge in [-0.15, -0.1) is 0 Å². The van der Waals surface area contributed by atoms with Gasteiger partial charge in [0.25, 0.3) is 0 Å². The quantitative estimate of drug-likeness (QED) is 0.829. The first-order chi connectivity index (χ1) is 12.3. The molecule has 0 bridgehead atoms. The Morgan fingerprint density at radius 2 is 1.88 bits per heavy atom. The van der Waals surface area contributed by atoms with Gasteiger partial charge < -0.3 is 20.1 Å². The number of carboxylic acids is 1. The molecule has 2 aromatic rings. The van der Waals surface area contributed by atoms with E-state index in [0.29, 0.717) is 13.1 Å². The summed E-state index contributed by atoms with van der Waals surface area (Å²) in [4.78, 5) is 29.1. The molecule has 0 fully saturated rings. The van der Waals surface area contributed by atoms with Crippen LogP contribution in [0.5, 0.6) is 5.75 Å². The van der Waals surface area contributed by atoms with Gasteiger partial charge in [-0.1, -0.05) is 12.1 Å². The average Bonchev–Trinajstić information content (AvgIpc) is 2.62. The van der Waals surface area contributed by atoms with Crippen LogP contribution in [0.1, 0.15) is 32.7 Å². The molecule has 0 aliphatic carbocycles. The van der Waals surface area contributed by atoms with E-state index in [-0.39, 0.29) is 11.6 Å². The van der Waals surface area contributed by atoms with Crippen molar-refractivity contribution in [1.82, 2.24) is 15.2 Å². The zero-order chi connectivity index (χ0) is 19.3. The van der Waals surface area contributed by atoms with Crippen molar-refractivity contribution in [1.29, 1.82) is 0 Å². The highest BCUT2D eigenvalue weighted by atomic mass is 16.5. The number of hydrogen-bond acceptors (Lipinski definition) is 4. The van der Waals surface area contributed by atoms with Crippen LogP contribution in [-0.4, -0.2) is 41.1 Å². The van der Waals surface area contributed by atoms with Crippen molar-refractivity contribution in [3.8, 4) is 5.75 Å². The summed E-state index contributed by atoms with van der Waals surface area (Å²) >= 11 is 0. The van der Waals surface area contributed by atoms with Crippen molar-refractivity contribution < 1.29 is 19.4 Å². The van der Waals surface area contributed by atoms with Gasteiger partial charge in [-0.05, 0) is 31.5 Å². The number of aryl methyl sites for hydroxylation is 1. The Morgan fingerprint density at radius 3 is 2.46 bits per heavy atom. The number of ether oxygens (including phenoxy) is 1. The number of rotatable bonds is 6. The molecular weight excluding hydrogens is 334 g/mol. The molecule has 2 N–H and O–H groups in total. The number of benzene rings is 1. The molecule has 0 aliphatic heterocycles. The van der Waals surface area contributed by atoms with Crippen LogP contribution in [0.3, 0.4) is 0 Å². The molecule has 1 aromatic carbocycles. The summed E-state index contributed by atoms with van der Waals surface area (Å²) in [6, 6.07) is 6.15. The number of amides is 2. The number of aromatic carboxylic acids is 1. The van der Waals surface area contributed by atoms with Gasteiger partial charge in [0.15, 0.2) is 0 Å². The average molecular weight is 357 g/mol. The summed E-state index contributed by atoms with van der Waals surface area (Å²) in [5, 5.41) is 11.7. The summed E-state index contributed by atoms with van der Waals surface area (Å²) in [5.74, 6) is -0.195. The Labute approximate surface area is 152 Å². The molecule has 0 saturated heterocycles. The minimum atomic E-state index is -0.975. The monoisotopic (exact) mass is 357 g/mol. The highest BCUT2D eigenvalue weighted by Gasteiger charge is 2.14. The largest absolute Gasteiger partial charge is 0.496 e. The van der Waals surface area contributed by atoms with Gasteiger partial charge in [0.2, 0.25) is 0 Å². The number of nitrogens with one attached hydrogen (secondary N) is 1. The second-order valence-electron chi connectivity index (χ2n) is 6.06. The molecule has 2 rings (SSSR count). The number of nitrogens with zero attached hydrogens (tertiary/aromatic N) is 2. The molecule has 7 nitrogen and oxygen atoms in total. The fourth-order valence-corrected chi connectivity index (χ4v) is 2.60. The number of hydrogen-bond donors (Lipinski definition) is 2. The van der Waals surface area contributed by atoms with Gasteiger partial charge in [-0.3, -0.25) is 4.98 Å². The Morgan fingerprint density at radius 1 is 1.23 bits per heavy atom. The zero-order valence-electron chi connectivity index (χ0n) is 15.4. The summed E-state index contributed by atoms with van der Waals surface area (Å²) in [5.41, 5.74) is 3.67. The number of carbonyl (C=O) groups is 2. The van der Waals surface area contributed by atoms with Crippen LogP contribution in [-0.2, 0) is 13.1 Å². The van der Waals surface area contributed by atoms with Crippen molar-refractivity contribution in [2.75, 3.05) is 14.2 Å². The van der Waals surface area contributed by atoms with Crippen LogP contribution >= 0.6 is 0 Å². The molecule has 0 aliphatic rings. The Hall–Kier alpha value is -3.09. The molecule has 0 unspecified atom stereocenters. The zero-order valence-corrected chi connectivity index (χ0v) is 15.4. The van der Waals surface area contributed by atoms with Gasteiger partial charge in [0.1, 0.15) is 5.75 Å². The molecule has 1 aromatic heterocycles. The molecule has 7 heteroatoms. The van der Waals surface area contributed by atoms with E-state index >= 15 is 0 Å². The molecule has 1 heterocycles. The van der Waals surface area contributed by atoms with E-state index in [1.807, 2.05) is 13.8 Å². The Bertz CT molecular complexity index is 803. The maximum absolute atomic E-state index is 12.3. The number of methoxy groups -OCH3 is 1. The third-order valence-corrected chi connectivity index (χ3v) is 4.13. The van der Waals surface area contributed by atoms with Crippen LogP contribution in [0.4, 0.5) is 4.79 Å². The molecule has 0 saturated carbocycles. The first-order valence-electron chi connectivity index (χ1n) is 8.13. The molecule has 0 spiro atoms.